The van der Waals surface area contributed by atoms with E-state index < -0.39 is 0 Å². The standard InChI is InChI=1S/C14H28N4/c1-11(2)14-13(10-18(6)16-14)9-15-12(3)7-8-17(4)5/h10-12,15H,7-9H2,1-6H3. The molecule has 18 heavy (non-hydrogen) atoms. The van der Waals surface area contributed by atoms with Crippen LogP contribution in [-0.4, -0.2) is 41.4 Å². The van der Waals surface area contributed by atoms with Crippen LogP contribution in [0, 0.1) is 0 Å². The van der Waals surface area contributed by atoms with Gasteiger partial charge in [-0.1, -0.05) is 13.8 Å². The summed E-state index contributed by atoms with van der Waals surface area (Å²) in [5.74, 6) is 0.486. The van der Waals surface area contributed by atoms with Gasteiger partial charge in [-0.15, -0.1) is 0 Å². The minimum atomic E-state index is 0.486. The van der Waals surface area contributed by atoms with Gasteiger partial charge in [-0.05, 0) is 39.9 Å². The van der Waals surface area contributed by atoms with Gasteiger partial charge in [-0.2, -0.15) is 5.10 Å². The van der Waals surface area contributed by atoms with Gasteiger partial charge in [0, 0.05) is 31.4 Å². The van der Waals surface area contributed by atoms with Gasteiger partial charge in [0.2, 0.25) is 0 Å². The molecule has 4 heteroatoms. The molecule has 1 atom stereocenters. The van der Waals surface area contributed by atoms with Crippen LogP contribution in [0.25, 0.3) is 0 Å². The first-order chi connectivity index (χ1) is 8.40. The first-order valence-electron chi connectivity index (χ1n) is 6.80. The van der Waals surface area contributed by atoms with E-state index in [9.17, 15) is 0 Å². The molecule has 4 nitrogen and oxygen atoms in total. The minimum absolute atomic E-state index is 0.486. The van der Waals surface area contributed by atoms with Crippen LogP contribution in [0.15, 0.2) is 6.20 Å². The highest BCUT2D eigenvalue weighted by molar-refractivity contribution is 5.20. The van der Waals surface area contributed by atoms with Crippen molar-refractivity contribution < 1.29 is 0 Å². The van der Waals surface area contributed by atoms with E-state index in [1.807, 2.05) is 11.7 Å². The average molecular weight is 252 g/mol. The van der Waals surface area contributed by atoms with E-state index in [1.54, 1.807) is 0 Å². The SMILES string of the molecule is CC(CCN(C)C)NCc1cn(C)nc1C(C)C. The molecule has 0 spiro atoms. The maximum atomic E-state index is 4.53. The maximum Gasteiger partial charge on any atom is 0.0694 e. The van der Waals surface area contributed by atoms with Gasteiger partial charge in [0.25, 0.3) is 0 Å². The Hall–Kier alpha value is -0.870. The summed E-state index contributed by atoms with van der Waals surface area (Å²) in [4.78, 5) is 2.22. The van der Waals surface area contributed by atoms with Crippen molar-refractivity contribution in [2.24, 2.45) is 7.05 Å². The largest absolute Gasteiger partial charge is 0.310 e. The topological polar surface area (TPSA) is 33.1 Å². The highest BCUT2D eigenvalue weighted by atomic mass is 15.3. The Bertz CT molecular complexity index is 355. The van der Waals surface area contributed by atoms with Crippen LogP contribution in [0.1, 0.15) is 44.4 Å². The third-order valence-electron chi connectivity index (χ3n) is 3.13. The quantitative estimate of drug-likeness (QED) is 0.805. The van der Waals surface area contributed by atoms with Crippen molar-refractivity contribution in [2.75, 3.05) is 20.6 Å². The van der Waals surface area contributed by atoms with Crippen molar-refractivity contribution in [3.63, 3.8) is 0 Å². The fraction of sp³-hybridized carbons (Fsp3) is 0.786. The summed E-state index contributed by atoms with van der Waals surface area (Å²) in [7, 11) is 6.22. The summed E-state index contributed by atoms with van der Waals surface area (Å²) in [5, 5.41) is 8.11. The van der Waals surface area contributed by atoms with Gasteiger partial charge in [-0.25, -0.2) is 0 Å². The van der Waals surface area contributed by atoms with Gasteiger partial charge in [0.05, 0.1) is 5.69 Å². The molecule has 0 aliphatic heterocycles. The van der Waals surface area contributed by atoms with Crippen LogP contribution in [0.3, 0.4) is 0 Å². The second-order valence-electron chi connectivity index (χ2n) is 5.74. The number of rotatable bonds is 7. The van der Waals surface area contributed by atoms with Crippen molar-refractivity contribution >= 4 is 0 Å². The number of nitrogens with one attached hydrogen (secondary N) is 1. The third kappa shape index (κ3) is 4.78. The molecule has 1 heterocycles. The van der Waals surface area contributed by atoms with Crippen LogP contribution in [0.5, 0.6) is 0 Å². The second-order valence-corrected chi connectivity index (χ2v) is 5.74. The zero-order valence-corrected chi connectivity index (χ0v) is 12.7. The zero-order valence-electron chi connectivity index (χ0n) is 12.7. The highest BCUT2D eigenvalue weighted by Crippen LogP contribution is 2.17. The molecule has 1 N–H and O–H groups in total. The first-order valence-corrected chi connectivity index (χ1v) is 6.80. The average Bonchev–Trinajstić information content (AvgIpc) is 2.65. The molecule has 0 fully saturated rings. The predicted molar refractivity (Wildman–Crippen MR) is 76.8 cm³/mol. The summed E-state index contributed by atoms with van der Waals surface area (Å²) in [5.41, 5.74) is 2.54. The van der Waals surface area contributed by atoms with Gasteiger partial charge >= 0.3 is 0 Å². The van der Waals surface area contributed by atoms with Crippen molar-refractivity contribution in [3.05, 3.63) is 17.5 Å². The normalized spacial score (nSPS) is 13.6. The van der Waals surface area contributed by atoms with Crippen LogP contribution >= 0.6 is 0 Å². The highest BCUT2D eigenvalue weighted by Gasteiger charge is 2.12. The Morgan fingerprint density at radius 1 is 1.33 bits per heavy atom. The zero-order chi connectivity index (χ0) is 13.7. The molecule has 0 aliphatic rings. The summed E-state index contributed by atoms with van der Waals surface area (Å²) >= 11 is 0. The lowest BCUT2D eigenvalue weighted by Gasteiger charge is -2.17. The summed E-state index contributed by atoms with van der Waals surface area (Å²) in [6.45, 7) is 8.67. The van der Waals surface area contributed by atoms with Crippen LogP contribution < -0.4 is 5.32 Å². The van der Waals surface area contributed by atoms with Crippen molar-refractivity contribution in [1.29, 1.82) is 0 Å². The third-order valence-corrected chi connectivity index (χ3v) is 3.13. The lowest BCUT2D eigenvalue weighted by atomic mass is 10.1. The van der Waals surface area contributed by atoms with E-state index in [2.05, 4.69) is 56.4 Å². The number of aromatic nitrogens is 2. The molecule has 1 rings (SSSR count). The number of aryl methyl sites for hydroxylation is 1. The smallest absolute Gasteiger partial charge is 0.0694 e. The Morgan fingerprint density at radius 3 is 2.56 bits per heavy atom. The fourth-order valence-corrected chi connectivity index (χ4v) is 2.02. The lowest BCUT2D eigenvalue weighted by Crippen LogP contribution is -2.29. The Morgan fingerprint density at radius 2 is 2.00 bits per heavy atom. The molecule has 0 bridgehead atoms. The van der Waals surface area contributed by atoms with E-state index >= 15 is 0 Å². The van der Waals surface area contributed by atoms with E-state index in [-0.39, 0.29) is 0 Å². The molecule has 0 radical (unpaired) electrons. The van der Waals surface area contributed by atoms with Crippen LogP contribution in [0.4, 0.5) is 0 Å². The van der Waals surface area contributed by atoms with Crippen LogP contribution in [-0.2, 0) is 13.6 Å². The Kier molecular flexibility index (Phi) is 5.82. The molecular formula is C14H28N4. The lowest BCUT2D eigenvalue weighted by molar-refractivity contribution is 0.365. The van der Waals surface area contributed by atoms with Crippen molar-refractivity contribution in [3.8, 4) is 0 Å². The van der Waals surface area contributed by atoms with Gasteiger partial charge < -0.3 is 10.2 Å². The first kappa shape index (κ1) is 15.2. The molecular weight excluding hydrogens is 224 g/mol. The minimum Gasteiger partial charge on any atom is -0.310 e. The molecule has 0 aromatic carbocycles. The molecule has 1 unspecified atom stereocenters. The number of nitrogens with zero attached hydrogens (tertiary/aromatic N) is 3. The van der Waals surface area contributed by atoms with Crippen LogP contribution in [0.2, 0.25) is 0 Å². The molecule has 104 valence electrons. The summed E-state index contributed by atoms with van der Waals surface area (Å²) in [6, 6.07) is 0.535. The summed E-state index contributed by atoms with van der Waals surface area (Å²) in [6.07, 6.45) is 3.30. The molecule has 0 saturated heterocycles. The van der Waals surface area contributed by atoms with Gasteiger partial charge in [0.1, 0.15) is 0 Å². The second kappa shape index (κ2) is 6.90. The van der Waals surface area contributed by atoms with Gasteiger partial charge in [0.15, 0.2) is 0 Å². The number of hydrogen-bond acceptors (Lipinski definition) is 3. The Labute approximate surface area is 111 Å². The molecule has 0 aliphatic carbocycles. The van der Waals surface area contributed by atoms with E-state index in [0.717, 1.165) is 13.1 Å². The molecule has 1 aromatic rings. The van der Waals surface area contributed by atoms with Crippen molar-refractivity contribution in [1.82, 2.24) is 20.0 Å². The Balaban J connectivity index is 2.47. The molecule has 1 aromatic heterocycles. The maximum absolute atomic E-state index is 4.53. The van der Waals surface area contributed by atoms with E-state index in [1.165, 1.54) is 17.7 Å². The molecule has 0 amide bonds. The monoisotopic (exact) mass is 252 g/mol. The van der Waals surface area contributed by atoms with Crippen molar-refractivity contribution in [2.45, 2.75) is 45.7 Å². The predicted octanol–water partition coefficient (Wildman–Crippen LogP) is 1.97. The van der Waals surface area contributed by atoms with Gasteiger partial charge in [-0.3, -0.25) is 4.68 Å². The summed E-state index contributed by atoms with van der Waals surface area (Å²) < 4.78 is 1.91. The fourth-order valence-electron chi connectivity index (χ4n) is 2.02. The molecule has 0 saturated carbocycles. The van der Waals surface area contributed by atoms with E-state index in [4.69, 9.17) is 0 Å². The van der Waals surface area contributed by atoms with E-state index in [0.29, 0.717) is 12.0 Å². The number of hydrogen-bond donors (Lipinski definition) is 1.